The molecule has 1 aromatic carbocycles. The Kier molecular flexibility index (Phi) is 4.44. The standard InChI is InChI=1S/C13H20FNO/c1-4-15(10-13(2,3)16)9-11-7-5-6-8-12(11)14/h5-8,16H,4,9-10H2,1-3H3. The molecule has 0 aliphatic carbocycles. The van der Waals surface area contributed by atoms with Crippen LogP contribution in [0.15, 0.2) is 24.3 Å². The van der Waals surface area contributed by atoms with Crippen molar-refractivity contribution in [2.45, 2.75) is 32.9 Å². The quantitative estimate of drug-likeness (QED) is 0.832. The van der Waals surface area contributed by atoms with Crippen molar-refractivity contribution < 1.29 is 9.50 Å². The average molecular weight is 225 g/mol. The first-order valence-electron chi connectivity index (χ1n) is 5.60. The molecule has 3 heteroatoms. The second-order valence-electron chi connectivity index (χ2n) is 4.71. The van der Waals surface area contributed by atoms with E-state index in [1.807, 2.05) is 17.9 Å². The van der Waals surface area contributed by atoms with Gasteiger partial charge in [-0.2, -0.15) is 0 Å². The molecule has 0 unspecified atom stereocenters. The Morgan fingerprint density at radius 3 is 2.44 bits per heavy atom. The lowest BCUT2D eigenvalue weighted by Crippen LogP contribution is -2.38. The summed E-state index contributed by atoms with van der Waals surface area (Å²) in [7, 11) is 0. The number of benzene rings is 1. The fourth-order valence-electron chi connectivity index (χ4n) is 1.69. The number of halogens is 1. The molecule has 0 radical (unpaired) electrons. The fraction of sp³-hybridized carbons (Fsp3) is 0.538. The van der Waals surface area contributed by atoms with Gasteiger partial charge in [0.2, 0.25) is 0 Å². The molecule has 0 aromatic heterocycles. The van der Waals surface area contributed by atoms with Gasteiger partial charge in [0.1, 0.15) is 5.82 Å². The van der Waals surface area contributed by atoms with Crippen LogP contribution in [0.1, 0.15) is 26.3 Å². The van der Waals surface area contributed by atoms with Gasteiger partial charge >= 0.3 is 0 Å². The van der Waals surface area contributed by atoms with Crippen LogP contribution in [-0.2, 0) is 6.54 Å². The van der Waals surface area contributed by atoms with Gasteiger partial charge in [0, 0.05) is 18.7 Å². The Morgan fingerprint density at radius 1 is 1.31 bits per heavy atom. The zero-order chi connectivity index (χ0) is 12.2. The second-order valence-corrected chi connectivity index (χ2v) is 4.71. The minimum absolute atomic E-state index is 0.184. The smallest absolute Gasteiger partial charge is 0.127 e. The lowest BCUT2D eigenvalue weighted by molar-refractivity contribution is 0.0350. The highest BCUT2D eigenvalue weighted by atomic mass is 19.1. The summed E-state index contributed by atoms with van der Waals surface area (Å²) in [5, 5.41) is 9.73. The van der Waals surface area contributed by atoms with Crippen molar-refractivity contribution in [3.8, 4) is 0 Å². The maximum atomic E-state index is 13.4. The van der Waals surface area contributed by atoms with Crippen LogP contribution in [0.2, 0.25) is 0 Å². The maximum absolute atomic E-state index is 13.4. The third kappa shape index (κ3) is 4.29. The van der Waals surface area contributed by atoms with E-state index in [1.165, 1.54) is 6.07 Å². The van der Waals surface area contributed by atoms with E-state index < -0.39 is 5.60 Å². The molecule has 0 amide bonds. The fourth-order valence-corrected chi connectivity index (χ4v) is 1.69. The lowest BCUT2D eigenvalue weighted by Gasteiger charge is -2.28. The SMILES string of the molecule is CCN(Cc1ccccc1F)CC(C)(C)O. The first kappa shape index (κ1) is 13.1. The Bertz CT molecular complexity index is 333. The zero-order valence-corrected chi connectivity index (χ0v) is 10.2. The van der Waals surface area contributed by atoms with Gasteiger partial charge in [-0.25, -0.2) is 4.39 Å². The van der Waals surface area contributed by atoms with Crippen LogP contribution in [0, 0.1) is 5.82 Å². The van der Waals surface area contributed by atoms with E-state index in [9.17, 15) is 9.50 Å². The molecule has 1 aromatic rings. The number of hydrogen-bond acceptors (Lipinski definition) is 2. The molecule has 90 valence electrons. The summed E-state index contributed by atoms with van der Waals surface area (Å²) >= 11 is 0. The topological polar surface area (TPSA) is 23.5 Å². The van der Waals surface area contributed by atoms with Gasteiger partial charge < -0.3 is 5.11 Å². The van der Waals surface area contributed by atoms with Gasteiger partial charge in [-0.15, -0.1) is 0 Å². The van der Waals surface area contributed by atoms with Crippen molar-refractivity contribution in [2.24, 2.45) is 0 Å². The van der Waals surface area contributed by atoms with Gasteiger partial charge in [-0.1, -0.05) is 25.1 Å². The first-order chi connectivity index (χ1) is 7.42. The maximum Gasteiger partial charge on any atom is 0.127 e. The average Bonchev–Trinajstić information content (AvgIpc) is 2.18. The predicted octanol–water partition coefficient (Wildman–Crippen LogP) is 2.42. The van der Waals surface area contributed by atoms with E-state index in [4.69, 9.17) is 0 Å². The first-order valence-corrected chi connectivity index (χ1v) is 5.60. The second kappa shape index (κ2) is 5.41. The normalized spacial score (nSPS) is 12.1. The van der Waals surface area contributed by atoms with Crippen molar-refractivity contribution in [1.82, 2.24) is 4.90 Å². The van der Waals surface area contributed by atoms with E-state index in [1.54, 1.807) is 26.0 Å². The Balaban J connectivity index is 2.67. The molecule has 0 atom stereocenters. The third-order valence-corrected chi connectivity index (χ3v) is 2.41. The van der Waals surface area contributed by atoms with Crippen LogP contribution in [0.3, 0.4) is 0 Å². The van der Waals surface area contributed by atoms with Crippen LogP contribution in [0.5, 0.6) is 0 Å². The molecular weight excluding hydrogens is 205 g/mol. The monoisotopic (exact) mass is 225 g/mol. The molecule has 1 N–H and O–H groups in total. The van der Waals surface area contributed by atoms with Gasteiger partial charge in [-0.05, 0) is 26.5 Å². The molecule has 0 saturated heterocycles. The molecule has 0 aliphatic rings. The van der Waals surface area contributed by atoms with Gasteiger partial charge in [-0.3, -0.25) is 4.90 Å². The molecule has 0 aliphatic heterocycles. The Hall–Kier alpha value is -0.930. The van der Waals surface area contributed by atoms with Crippen LogP contribution in [0.25, 0.3) is 0 Å². The van der Waals surface area contributed by atoms with E-state index in [0.29, 0.717) is 18.7 Å². The summed E-state index contributed by atoms with van der Waals surface area (Å²) < 4.78 is 13.4. The number of rotatable bonds is 5. The summed E-state index contributed by atoms with van der Waals surface area (Å²) in [6.45, 7) is 7.39. The van der Waals surface area contributed by atoms with E-state index >= 15 is 0 Å². The summed E-state index contributed by atoms with van der Waals surface area (Å²) in [5.74, 6) is -0.184. The largest absolute Gasteiger partial charge is 0.389 e. The molecule has 1 rings (SSSR count). The van der Waals surface area contributed by atoms with Gasteiger partial charge in [0.05, 0.1) is 5.60 Å². The van der Waals surface area contributed by atoms with Crippen LogP contribution in [-0.4, -0.2) is 28.7 Å². The molecule has 0 bridgehead atoms. The minimum Gasteiger partial charge on any atom is -0.389 e. The highest BCUT2D eigenvalue weighted by molar-refractivity contribution is 5.17. The molecular formula is C13H20FNO. The zero-order valence-electron chi connectivity index (χ0n) is 10.2. The highest BCUT2D eigenvalue weighted by Crippen LogP contribution is 2.12. The van der Waals surface area contributed by atoms with Crippen molar-refractivity contribution in [3.05, 3.63) is 35.6 Å². The lowest BCUT2D eigenvalue weighted by atomic mass is 10.1. The molecule has 2 nitrogen and oxygen atoms in total. The number of nitrogens with zero attached hydrogens (tertiary/aromatic N) is 1. The van der Waals surface area contributed by atoms with Crippen molar-refractivity contribution in [1.29, 1.82) is 0 Å². The van der Waals surface area contributed by atoms with Gasteiger partial charge in [0.15, 0.2) is 0 Å². The predicted molar refractivity (Wildman–Crippen MR) is 63.6 cm³/mol. The van der Waals surface area contributed by atoms with Crippen molar-refractivity contribution >= 4 is 0 Å². The minimum atomic E-state index is -0.749. The molecule has 0 saturated carbocycles. The van der Waals surface area contributed by atoms with Crippen LogP contribution in [0.4, 0.5) is 4.39 Å². The molecule has 16 heavy (non-hydrogen) atoms. The van der Waals surface area contributed by atoms with Gasteiger partial charge in [0.25, 0.3) is 0 Å². The summed E-state index contributed by atoms with van der Waals surface area (Å²) in [4.78, 5) is 2.03. The van der Waals surface area contributed by atoms with Crippen LogP contribution < -0.4 is 0 Å². The molecule has 0 spiro atoms. The molecule has 0 fully saturated rings. The Labute approximate surface area is 96.7 Å². The third-order valence-electron chi connectivity index (χ3n) is 2.41. The highest BCUT2D eigenvalue weighted by Gasteiger charge is 2.17. The van der Waals surface area contributed by atoms with E-state index in [2.05, 4.69) is 0 Å². The number of likely N-dealkylation sites (N-methyl/N-ethyl adjacent to an activating group) is 1. The summed E-state index contributed by atoms with van der Waals surface area (Å²) in [5.41, 5.74) is -0.0741. The molecule has 0 heterocycles. The Morgan fingerprint density at radius 2 is 1.94 bits per heavy atom. The summed E-state index contributed by atoms with van der Waals surface area (Å²) in [6, 6.07) is 6.76. The van der Waals surface area contributed by atoms with E-state index in [-0.39, 0.29) is 5.82 Å². The summed E-state index contributed by atoms with van der Waals surface area (Å²) in [6.07, 6.45) is 0. The number of aliphatic hydroxyl groups is 1. The van der Waals surface area contributed by atoms with Crippen molar-refractivity contribution in [2.75, 3.05) is 13.1 Å². The van der Waals surface area contributed by atoms with Crippen LogP contribution >= 0.6 is 0 Å². The number of hydrogen-bond donors (Lipinski definition) is 1. The van der Waals surface area contributed by atoms with E-state index in [0.717, 1.165) is 6.54 Å². The van der Waals surface area contributed by atoms with Crippen molar-refractivity contribution in [3.63, 3.8) is 0 Å².